The van der Waals surface area contributed by atoms with Gasteiger partial charge in [0.05, 0.1) is 16.4 Å². The second kappa shape index (κ2) is 6.67. The van der Waals surface area contributed by atoms with Crippen LogP contribution in [0.1, 0.15) is 19.8 Å². The van der Waals surface area contributed by atoms with Crippen molar-refractivity contribution in [1.82, 2.24) is 0 Å². The van der Waals surface area contributed by atoms with Crippen LogP contribution in [0, 0.1) is 11.7 Å². The molecule has 1 unspecified atom stereocenters. The maximum absolute atomic E-state index is 13.0. The molecular formula is C12H18ClFN2O. The van der Waals surface area contributed by atoms with Crippen LogP contribution >= 0.6 is 11.6 Å². The zero-order chi connectivity index (χ0) is 12.8. The highest BCUT2D eigenvalue weighted by molar-refractivity contribution is 6.31. The molecule has 0 heterocycles. The van der Waals surface area contributed by atoms with Crippen molar-refractivity contribution in [2.75, 3.05) is 24.2 Å². The molecule has 0 aromatic heterocycles. The first-order valence-corrected chi connectivity index (χ1v) is 6.01. The van der Waals surface area contributed by atoms with E-state index >= 15 is 0 Å². The summed E-state index contributed by atoms with van der Waals surface area (Å²) in [5.74, 6) is -0.213. The summed E-state index contributed by atoms with van der Waals surface area (Å²) in [4.78, 5) is 0. The minimum Gasteiger partial charge on any atom is -0.397 e. The van der Waals surface area contributed by atoms with Gasteiger partial charge in [-0.1, -0.05) is 18.5 Å². The zero-order valence-corrected chi connectivity index (χ0v) is 10.6. The van der Waals surface area contributed by atoms with Gasteiger partial charge in [-0.3, -0.25) is 0 Å². The van der Waals surface area contributed by atoms with Gasteiger partial charge < -0.3 is 16.2 Å². The molecule has 1 aromatic carbocycles. The van der Waals surface area contributed by atoms with Crippen molar-refractivity contribution in [2.45, 2.75) is 19.8 Å². The van der Waals surface area contributed by atoms with E-state index in [1.54, 1.807) is 0 Å². The van der Waals surface area contributed by atoms with E-state index in [9.17, 15) is 4.39 Å². The number of aliphatic hydroxyl groups is 1. The van der Waals surface area contributed by atoms with E-state index in [-0.39, 0.29) is 11.6 Å². The Balaban J connectivity index is 2.44. The van der Waals surface area contributed by atoms with Crippen LogP contribution in [0.2, 0.25) is 5.02 Å². The Hall–Kier alpha value is -1.00. The summed E-state index contributed by atoms with van der Waals surface area (Å²) in [6.45, 7) is 2.91. The summed E-state index contributed by atoms with van der Waals surface area (Å²) in [6.07, 6.45) is 1.84. The van der Waals surface area contributed by atoms with E-state index in [4.69, 9.17) is 22.4 Å². The molecule has 1 rings (SSSR count). The van der Waals surface area contributed by atoms with E-state index in [1.165, 1.54) is 12.1 Å². The fourth-order valence-corrected chi connectivity index (χ4v) is 1.64. The molecule has 0 radical (unpaired) electrons. The maximum Gasteiger partial charge on any atom is 0.143 e. The van der Waals surface area contributed by atoms with Crippen LogP contribution in [-0.2, 0) is 0 Å². The lowest BCUT2D eigenvalue weighted by Crippen LogP contribution is -2.08. The summed E-state index contributed by atoms with van der Waals surface area (Å²) in [5, 5.41) is 12.0. The van der Waals surface area contributed by atoms with E-state index in [1.807, 2.05) is 6.92 Å². The number of anilines is 2. The quantitative estimate of drug-likeness (QED) is 0.545. The molecule has 0 aliphatic heterocycles. The first-order chi connectivity index (χ1) is 8.04. The molecule has 0 bridgehead atoms. The van der Waals surface area contributed by atoms with Crippen LogP contribution in [0.25, 0.3) is 0 Å². The van der Waals surface area contributed by atoms with E-state index in [0.717, 1.165) is 19.4 Å². The van der Waals surface area contributed by atoms with Crippen molar-refractivity contribution in [2.24, 2.45) is 5.92 Å². The van der Waals surface area contributed by atoms with Gasteiger partial charge in [0.2, 0.25) is 0 Å². The predicted octanol–water partition coefficient (Wildman–Crippen LogP) is 2.88. The molecule has 0 aliphatic carbocycles. The highest BCUT2D eigenvalue weighted by Crippen LogP contribution is 2.26. The molecule has 0 aliphatic rings. The highest BCUT2D eigenvalue weighted by Gasteiger charge is 2.06. The lowest BCUT2D eigenvalue weighted by molar-refractivity contribution is 0.229. The molecule has 0 spiro atoms. The summed E-state index contributed by atoms with van der Waals surface area (Å²) >= 11 is 5.67. The Morgan fingerprint density at radius 3 is 2.88 bits per heavy atom. The third-order valence-electron chi connectivity index (χ3n) is 2.59. The second-order valence-electron chi connectivity index (χ2n) is 4.21. The Labute approximate surface area is 106 Å². The van der Waals surface area contributed by atoms with Crippen molar-refractivity contribution in [1.29, 1.82) is 0 Å². The number of aliphatic hydroxyl groups excluding tert-OH is 1. The van der Waals surface area contributed by atoms with Crippen LogP contribution in [-0.4, -0.2) is 18.3 Å². The van der Waals surface area contributed by atoms with E-state index in [0.29, 0.717) is 17.3 Å². The third kappa shape index (κ3) is 4.40. The molecule has 1 atom stereocenters. The Kier molecular flexibility index (Phi) is 5.51. The van der Waals surface area contributed by atoms with Crippen LogP contribution in [0.3, 0.4) is 0 Å². The smallest absolute Gasteiger partial charge is 0.143 e. The fourth-order valence-electron chi connectivity index (χ4n) is 1.48. The molecule has 96 valence electrons. The Bertz CT molecular complexity index is 374. The van der Waals surface area contributed by atoms with Gasteiger partial charge in [-0.2, -0.15) is 0 Å². The minimum atomic E-state index is -0.511. The SMILES string of the molecule is CC(CO)CCCNc1cc(Cl)c(F)cc1N. The van der Waals surface area contributed by atoms with Gasteiger partial charge in [0.25, 0.3) is 0 Å². The normalized spacial score (nSPS) is 12.5. The monoisotopic (exact) mass is 260 g/mol. The van der Waals surface area contributed by atoms with Gasteiger partial charge in [-0.05, 0) is 24.8 Å². The lowest BCUT2D eigenvalue weighted by atomic mass is 10.1. The third-order valence-corrected chi connectivity index (χ3v) is 2.88. The number of halogens is 2. The van der Waals surface area contributed by atoms with Gasteiger partial charge in [0, 0.05) is 19.2 Å². The molecule has 4 N–H and O–H groups in total. The largest absolute Gasteiger partial charge is 0.397 e. The van der Waals surface area contributed by atoms with Crippen molar-refractivity contribution < 1.29 is 9.50 Å². The molecular weight excluding hydrogens is 243 g/mol. The summed E-state index contributed by atoms with van der Waals surface area (Å²) in [6, 6.07) is 2.70. The molecule has 17 heavy (non-hydrogen) atoms. The van der Waals surface area contributed by atoms with Crippen LogP contribution in [0.15, 0.2) is 12.1 Å². The summed E-state index contributed by atoms with van der Waals surface area (Å²) in [7, 11) is 0. The van der Waals surface area contributed by atoms with Crippen molar-refractivity contribution in [3.05, 3.63) is 23.0 Å². The topological polar surface area (TPSA) is 58.3 Å². The maximum atomic E-state index is 13.0. The second-order valence-corrected chi connectivity index (χ2v) is 4.62. The molecule has 0 saturated heterocycles. The Morgan fingerprint density at radius 2 is 2.24 bits per heavy atom. The fraction of sp³-hybridized carbons (Fsp3) is 0.500. The van der Waals surface area contributed by atoms with E-state index < -0.39 is 5.82 Å². The van der Waals surface area contributed by atoms with Gasteiger partial charge in [0.1, 0.15) is 5.82 Å². The average molecular weight is 261 g/mol. The van der Waals surface area contributed by atoms with Gasteiger partial charge >= 0.3 is 0 Å². The van der Waals surface area contributed by atoms with Gasteiger partial charge in [-0.25, -0.2) is 4.39 Å². The highest BCUT2D eigenvalue weighted by atomic mass is 35.5. The number of nitrogens with one attached hydrogen (secondary N) is 1. The first kappa shape index (κ1) is 14.1. The standard InChI is InChI=1S/C12H18ClFN2O/c1-8(7-17)3-2-4-16-12-5-9(13)10(14)6-11(12)15/h5-6,8,16-17H,2-4,7,15H2,1H3. The van der Waals surface area contributed by atoms with Crippen LogP contribution < -0.4 is 11.1 Å². The first-order valence-electron chi connectivity index (χ1n) is 5.63. The summed E-state index contributed by atoms with van der Waals surface area (Å²) in [5.41, 5.74) is 6.65. The number of hydrogen-bond donors (Lipinski definition) is 3. The number of nitrogens with two attached hydrogens (primary N) is 1. The number of benzene rings is 1. The zero-order valence-electron chi connectivity index (χ0n) is 9.84. The molecule has 3 nitrogen and oxygen atoms in total. The molecule has 5 heteroatoms. The predicted molar refractivity (Wildman–Crippen MR) is 69.8 cm³/mol. The van der Waals surface area contributed by atoms with Gasteiger partial charge in [0.15, 0.2) is 0 Å². The minimum absolute atomic E-state index is 0.0606. The van der Waals surface area contributed by atoms with E-state index in [2.05, 4.69) is 5.32 Å². The Morgan fingerprint density at radius 1 is 1.53 bits per heavy atom. The number of hydrogen-bond acceptors (Lipinski definition) is 3. The lowest BCUT2D eigenvalue weighted by Gasteiger charge is -2.11. The van der Waals surface area contributed by atoms with Crippen molar-refractivity contribution in [3.8, 4) is 0 Å². The van der Waals surface area contributed by atoms with Crippen molar-refractivity contribution in [3.63, 3.8) is 0 Å². The molecule has 0 fully saturated rings. The molecule has 0 amide bonds. The summed E-state index contributed by atoms with van der Waals surface area (Å²) < 4.78 is 13.0. The van der Waals surface area contributed by atoms with Gasteiger partial charge in [-0.15, -0.1) is 0 Å². The molecule has 0 saturated carbocycles. The average Bonchev–Trinajstić information content (AvgIpc) is 2.30. The number of rotatable bonds is 6. The van der Waals surface area contributed by atoms with Crippen molar-refractivity contribution >= 4 is 23.0 Å². The number of nitrogen functional groups attached to an aromatic ring is 1. The van der Waals surface area contributed by atoms with Crippen LogP contribution in [0.4, 0.5) is 15.8 Å². The molecule has 1 aromatic rings. The van der Waals surface area contributed by atoms with Crippen LogP contribution in [0.5, 0.6) is 0 Å².